The summed E-state index contributed by atoms with van der Waals surface area (Å²) in [7, 11) is 0. The molecule has 2 N–H and O–H groups in total. The van der Waals surface area contributed by atoms with Crippen LogP contribution in [0.3, 0.4) is 0 Å². The van der Waals surface area contributed by atoms with Crippen LogP contribution in [0.5, 0.6) is 0 Å². The Hall–Kier alpha value is -4.02. The molecule has 3 aromatic rings. The summed E-state index contributed by atoms with van der Waals surface area (Å²) in [5.74, 6) is -2.39. The summed E-state index contributed by atoms with van der Waals surface area (Å²) in [5, 5.41) is 6.70. The Morgan fingerprint density at radius 2 is 1.82 bits per heavy atom. The highest BCUT2D eigenvalue weighted by Gasteiger charge is 2.23. The lowest BCUT2D eigenvalue weighted by atomic mass is 10.1. The molecule has 10 nitrogen and oxygen atoms in total. The number of halogens is 1. The first-order valence-corrected chi connectivity index (χ1v) is 10.6. The van der Waals surface area contributed by atoms with Gasteiger partial charge < -0.3 is 19.4 Å². The monoisotopic (exact) mass is 482 g/mol. The quantitative estimate of drug-likeness (QED) is 0.332. The molecule has 3 amide bonds. The fourth-order valence-electron chi connectivity index (χ4n) is 3.31. The predicted molar refractivity (Wildman–Crippen MR) is 125 cm³/mol. The van der Waals surface area contributed by atoms with Crippen LogP contribution in [0.25, 0.3) is 11.0 Å². The molecule has 0 bridgehead atoms. The second kappa shape index (κ2) is 10.3. The minimum absolute atomic E-state index is 0.0527. The number of hydrogen-bond donors (Lipinski definition) is 2. The molecule has 1 fully saturated rings. The topological polar surface area (TPSA) is 130 Å². The van der Waals surface area contributed by atoms with Gasteiger partial charge in [-0.1, -0.05) is 23.7 Å². The minimum Gasteiger partial charge on any atom is -0.463 e. The van der Waals surface area contributed by atoms with E-state index in [1.807, 2.05) is 5.43 Å². The van der Waals surface area contributed by atoms with Crippen molar-refractivity contribution in [3.63, 3.8) is 0 Å². The molecule has 0 saturated carbocycles. The van der Waals surface area contributed by atoms with E-state index in [0.717, 1.165) is 6.21 Å². The Kier molecular flexibility index (Phi) is 7.00. The van der Waals surface area contributed by atoms with Crippen molar-refractivity contribution in [2.75, 3.05) is 31.6 Å². The van der Waals surface area contributed by atoms with E-state index in [-0.39, 0.29) is 28.1 Å². The van der Waals surface area contributed by atoms with Crippen LogP contribution >= 0.6 is 11.6 Å². The Morgan fingerprint density at radius 1 is 1.06 bits per heavy atom. The maximum Gasteiger partial charge on any atom is 0.329 e. The van der Waals surface area contributed by atoms with Gasteiger partial charge in [0.25, 0.3) is 5.91 Å². The van der Waals surface area contributed by atoms with Gasteiger partial charge in [0.1, 0.15) is 11.8 Å². The average Bonchev–Trinajstić information content (AvgIpc) is 2.86. The van der Waals surface area contributed by atoms with Crippen LogP contribution in [0, 0.1) is 0 Å². The van der Waals surface area contributed by atoms with E-state index < -0.39 is 17.2 Å². The zero-order chi connectivity index (χ0) is 24.1. The largest absolute Gasteiger partial charge is 0.463 e. The van der Waals surface area contributed by atoms with Gasteiger partial charge in [-0.15, -0.1) is 0 Å². The highest BCUT2D eigenvalue weighted by atomic mass is 35.5. The molecule has 34 heavy (non-hydrogen) atoms. The lowest BCUT2D eigenvalue weighted by Crippen LogP contribution is -2.41. The van der Waals surface area contributed by atoms with Crippen LogP contribution in [0.2, 0.25) is 5.02 Å². The van der Waals surface area contributed by atoms with Crippen molar-refractivity contribution >= 4 is 52.2 Å². The Labute approximate surface area is 198 Å². The molecule has 2 aromatic carbocycles. The molecular formula is C23H19ClN4O6. The molecule has 0 radical (unpaired) electrons. The third-order valence-corrected chi connectivity index (χ3v) is 5.28. The Morgan fingerprint density at radius 3 is 2.62 bits per heavy atom. The van der Waals surface area contributed by atoms with Crippen LogP contribution < -0.4 is 16.2 Å². The number of nitrogens with zero attached hydrogens (tertiary/aromatic N) is 2. The van der Waals surface area contributed by atoms with Crippen molar-refractivity contribution < 1.29 is 23.5 Å². The first-order valence-electron chi connectivity index (χ1n) is 10.3. The second-order valence-electron chi connectivity index (χ2n) is 7.26. The summed E-state index contributed by atoms with van der Waals surface area (Å²) in [5.41, 5.74) is 2.49. The number of morpholine rings is 1. The van der Waals surface area contributed by atoms with Crippen molar-refractivity contribution in [2.24, 2.45) is 5.10 Å². The molecule has 1 aliphatic rings. The van der Waals surface area contributed by atoms with Crippen LogP contribution in [0.1, 0.15) is 15.9 Å². The number of hydrogen-bond acceptors (Lipinski definition) is 7. The summed E-state index contributed by atoms with van der Waals surface area (Å²) in [4.78, 5) is 51.5. The number of carbonyl (C=O) groups excluding carboxylic acids is 3. The fourth-order valence-corrected chi connectivity index (χ4v) is 3.49. The number of fused-ring (bicyclic) bond motifs is 1. The van der Waals surface area contributed by atoms with Gasteiger partial charge in [-0.25, -0.2) is 5.43 Å². The van der Waals surface area contributed by atoms with E-state index in [0.29, 0.717) is 36.9 Å². The normalized spacial score (nSPS) is 13.7. The van der Waals surface area contributed by atoms with E-state index in [9.17, 15) is 19.2 Å². The molecule has 2 heterocycles. The standard InChI is InChI=1S/C23H19ClN4O6/c24-15-5-6-19-17(11-15)20(29)14(13-34-19)12-25-27-22(31)21(30)26-18-4-2-1-3-16(18)23(32)28-7-9-33-10-8-28/h1-6,11-13H,7-10H2,(H,26,30)(H,27,31)/b25-12-. The number of rotatable bonds is 4. The van der Waals surface area contributed by atoms with Gasteiger partial charge in [-0.05, 0) is 30.3 Å². The van der Waals surface area contributed by atoms with Gasteiger partial charge >= 0.3 is 11.8 Å². The van der Waals surface area contributed by atoms with Gasteiger partial charge in [-0.3, -0.25) is 19.2 Å². The van der Waals surface area contributed by atoms with Crippen molar-refractivity contribution in [1.82, 2.24) is 10.3 Å². The number of ether oxygens (including phenoxy) is 1. The number of carbonyl (C=O) groups is 3. The zero-order valence-corrected chi connectivity index (χ0v) is 18.5. The number of nitrogens with one attached hydrogen (secondary N) is 2. The fraction of sp³-hybridized carbons (Fsp3) is 0.174. The molecule has 0 atom stereocenters. The van der Waals surface area contributed by atoms with Crippen molar-refractivity contribution in [3.8, 4) is 0 Å². The molecule has 1 aliphatic heterocycles. The molecule has 1 aromatic heterocycles. The number of anilines is 1. The van der Waals surface area contributed by atoms with Gasteiger partial charge in [-0.2, -0.15) is 5.10 Å². The molecule has 174 valence electrons. The van der Waals surface area contributed by atoms with Gasteiger partial charge in [0.05, 0.1) is 41.6 Å². The maximum absolute atomic E-state index is 12.8. The molecule has 0 spiro atoms. The number of benzene rings is 2. The molecule has 4 rings (SSSR count). The Bertz CT molecular complexity index is 1350. The predicted octanol–water partition coefficient (Wildman–Crippen LogP) is 2.01. The highest BCUT2D eigenvalue weighted by Crippen LogP contribution is 2.18. The van der Waals surface area contributed by atoms with E-state index in [1.54, 1.807) is 35.2 Å². The zero-order valence-electron chi connectivity index (χ0n) is 17.7. The summed E-state index contributed by atoms with van der Waals surface area (Å²) < 4.78 is 10.6. The lowest BCUT2D eigenvalue weighted by molar-refractivity contribution is -0.136. The molecule has 1 saturated heterocycles. The molecule has 0 unspecified atom stereocenters. The van der Waals surface area contributed by atoms with Crippen LogP contribution in [0.15, 0.2) is 63.0 Å². The third kappa shape index (κ3) is 5.13. The first kappa shape index (κ1) is 23.1. The maximum atomic E-state index is 12.8. The van der Waals surface area contributed by atoms with Gasteiger partial charge in [0.15, 0.2) is 0 Å². The summed E-state index contributed by atoms with van der Waals surface area (Å²) >= 11 is 5.92. The van der Waals surface area contributed by atoms with E-state index >= 15 is 0 Å². The third-order valence-electron chi connectivity index (χ3n) is 5.04. The molecule has 0 aliphatic carbocycles. The summed E-state index contributed by atoms with van der Waals surface area (Å²) in [6.07, 6.45) is 2.25. The Balaban J connectivity index is 1.42. The van der Waals surface area contributed by atoms with E-state index in [2.05, 4.69) is 10.4 Å². The van der Waals surface area contributed by atoms with Gasteiger partial charge in [0.2, 0.25) is 5.43 Å². The number of para-hydroxylation sites is 1. The van der Waals surface area contributed by atoms with Crippen LogP contribution in [0.4, 0.5) is 5.69 Å². The molecular weight excluding hydrogens is 464 g/mol. The summed E-state index contributed by atoms with van der Waals surface area (Å²) in [6.45, 7) is 1.74. The SMILES string of the molecule is O=C(N/N=C\c1coc2ccc(Cl)cc2c1=O)C(=O)Nc1ccccc1C(=O)N1CCOCC1. The van der Waals surface area contributed by atoms with Crippen molar-refractivity contribution in [2.45, 2.75) is 0 Å². The van der Waals surface area contributed by atoms with Crippen molar-refractivity contribution in [3.05, 3.63) is 75.1 Å². The first-order chi connectivity index (χ1) is 16.4. The van der Waals surface area contributed by atoms with Gasteiger partial charge in [0, 0.05) is 18.1 Å². The summed E-state index contributed by atoms with van der Waals surface area (Å²) in [6, 6.07) is 11.0. The lowest BCUT2D eigenvalue weighted by Gasteiger charge is -2.27. The minimum atomic E-state index is -1.09. The number of hydrazone groups is 1. The highest BCUT2D eigenvalue weighted by molar-refractivity contribution is 6.40. The molecule has 11 heteroatoms. The number of amides is 3. The average molecular weight is 483 g/mol. The van der Waals surface area contributed by atoms with Crippen LogP contribution in [-0.2, 0) is 14.3 Å². The van der Waals surface area contributed by atoms with E-state index in [1.165, 1.54) is 18.4 Å². The smallest absolute Gasteiger partial charge is 0.329 e. The van der Waals surface area contributed by atoms with E-state index in [4.69, 9.17) is 20.8 Å². The van der Waals surface area contributed by atoms with Crippen LogP contribution in [-0.4, -0.2) is 55.1 Å². The second-order valence-corrected chi connectivity index (χ2v) is 7.70. The van der Waals surface area contributed by atoms with Crippen molar-refractivity contribution in [1.29, 1.82) is 0 Å².